The fourth-order valence-electron chi connectivity index (χ4n) is 2.10. The highest BCUT2D eigenvalue weighted by Crippen LogP contribution is 2.19. The average Bonchev–Trinajstić information content (AvgIpc) is 2.94. The number of aromatic carboxylic acids is 1. The Balaban J connectivity index is 2.27. The quantitative estimate of drug-likeness (QED) is 0.792. The zero-order chi connectivity index (χ0) is 14.9. The second-order valence-electron chi connectivity index (χ2n) is 4.47. The molecule has 2 rings (SSSR count). The molecule has 0 aliphatic carbocycles. The number of anilines is 1. The van der Waals surface area contributed by atoms with Crippen molar-refractivity contribution in [2.75, 3.05) is 5.32 Å². The molecule has 0 unspecified atom stereocenters. The number of carbonyl (C=O) groups is 2. The lowest BCUT2D eigenvalue weighted by Crippen LogP contribution is -2.13. The third kappa shape index (κ3) is 2.42. The minimum atomic E-state index is -1.08. The number of rotatable bonds is 4. The number of hydrogen-bond donors (Lipinski definition) is 3. The minimum absolute atomic E-state index is 0.0388. The lowest BCUT2D eigenvalue weighted by molar-refractivity contribution is 0.0690. The number of aromatic amines is 1. The molecule has 2 aromatic heterocycles. The van der Waals surface area contributed by atoms with E-state index in [2.05, 4.69) is 15.4 Å². The first-order chi connectivity index (χ1) is 9.43. The van der Waals surface area contributed by atoms with Crippen molar-refractivity contribution in [3.8, 4) is 0 Å². The van der Waals surface area contributed by atoms with Crippen LogP contribution in [0.15, 0.2) is 12.4 Å². The van der Waals surface area contributed by atoms with E-state index in [0.29, 0.717) is 29.1 Å². The largest absolute Gasteiger partial charge is 0.477 e. The average molecular weight is 276 g/mol. The molecule has 2 heterocycles. The molecule has 0 aliphatic rings. The second-order valence-corrected chi connectivity index (χ2v) is 4.47. The maximum Gasteiger partial charge on any atom is 0.352 e. The van der Waals surface area contributed by atoms with Gasteiger partial charge >= 0.3 is 5.97 Å². The van der Waals surface area contributed by atoms with Gasteiger partial charge in [0.15, 0.2) is 0 Å². The molecule has 7 nitrogen and oxygen atoms in total. The highest BCUT2D eigenvalue weighted by molar-refractivity contribution is 6.07. The van der Waals surface area contributed by atoms with E-state index < -0.39 is 5.97 Å². The molecule has 0 saturated heterocycles. The Hall–Kier alpha value is -2.57. The van der Waals surface area contributed by atoms with Gasteiger partial charge in [0.1, 0.15) is 5.69 Å². The summed E-state index contributed by atoms with van der Waals surface area (Å²) < 4.78 is 1.69. The highest BCUT2D eigenvalue weighted by atomic mass is 16.4. The van der Waals surface area contributed by atoms with Crippen LogP contribution in [-0.4, -0.2) is 31.7 Å². The molecule has 0 fully saturated rings. The van der Waals surface area contributed by atoms with Crippen molar-refractivity contribution >= 4 is 17.6 Å². The lowest BCUT2D eigenvalue weighted by atomic mass is 10.1. The summed E-state index contributed by atoms with van der Waals surface area (Å²) in [7, 11) is 0. The predicted octanol–water partition coefficient (Wildman–Crippen LogP) is 1.80. The van der Waals surface area contributed by atoms with Crippen molar-refractivity contribution in [1.82, 2.24) is 14.8 Å². The van der Waals surface area contributed by atoms with Gasteiger partial charge in [-0.3, -0.25) is 9.48 Å². The Morgan fingerprint density at radius 3 is 2.65 bits per heavy atom. The number of nitrogens with one attached hydrogen (secondary N) is 2. The molecule has 106 valence electrons. The molecule has 0 saturated carbocycles. The van der Waals surface area contributed by atoms with Crippen LogP contribution in [0.2, 0.25) is 0 Å². The molecule has 0 aromatic carbocycles. The number of amides is 1. The van der Waals surface area contributed by atoms with Crippen LogP contribution < -0.4 is 5.32 Å². The number of H-pyrrole nitrogens is 1. The smallest absolute Gasteiger partial charge is 0.352 e. The Morgan fingerprint density at radius 1 is 1.45 bits per heavy atom. The van der Waals surface area contributed by atoms with Crippen molar-refractivity contribution in [3.05, 3.63) is 34.9 Å². The monoisotopic (exact) mass is 276 g/mol. The van der Waals surface area contributed by atoms with Gasteiger partial charge in [0.25, 0.3) is 5.91 Å². The minimum Gasteiger partial charge on any atom is -0.477 e. The van der Waals surface area contributed by atoms with Crippen LogP contribution in [0.25, 0.3) is 0 Å². The molecule has 0 aliphatic heterocycles. The molecule has 2 aromatic rings. The summed E-state index contributed by atoms with van der Waals surface area (Å²) in [5.41, 5.74) is 1.92. The van der Waals surface area contributed by atoms with Crippen molar-refractivity contribution in [3.63, 3.8) is 0 Å². The van der Waals surface area contributed by atoms with Crippen molar-refractivity contribution in [2.45, 2.75) is 27.3 Å². The van der Waals surface area contributed by atoms with Crippen molar-refractivity contribution in [1.29, 1.82) is 0 Å². The van der Waals surface area contributed by atoms with Gasteiger partial charge in [0.05, 0.1) is 17.4 Å². The van der Waals surface area contributed by atoms with Gasteiger partial charge in [-0.15, -0.1) is 0 Å². The SMILES string of the molecule is CCn1cc(NC(=O)c2c(C)[nH]c(C(=O)O)c2C)cn1. The summed E-state index contributed by atoms with van der Waals surface area (Å²) in [5.74, 6) is -1.43. The summed E-state index contributed by atoms with van der Waals surface area (Å²) in [6.45, 7) is 5.93. The van der Waals surface area contributed by atoms with E-state index in [0.717, 1.165) is 0 Å². The highest BCUT2D eigenvalue weighted by Gasteiger charge is 2.21. The van der Waals surface area contributed by atoms with E-state index in [-0.39, 0.29) is 11.6 Å². The van der Waals surface area contributed by atoms with Gasteiger partial charge in [-0.25, -0.2) is 4.79 Å². The Kier molecular flexibility index (Phi) is 3.60. The number of hydrogen-bond acceptors (Lipinski definition) is 3. The Bertz CT molecular complexity index is 669. The summed E-state index contributed by atoms with van der Waals surface area (Å²) in [4.78, 5) is 26.0. The van der Waals surface area contributed by atoms with E-state index in [9.17, 15) is 9.59 Å². The van der Waals surface area contributed by atoms with Crippen LogP contribution in [0.5, 0.6) is 0 Å². The van der Waals surface area contributed by atoms with E-state index in [1.165, 1.54) is 0 Å². The van der Waals surface area contributed by atoms with Gasteiger partial charge in [-0.05, 0) is 26.3 Å². The van der Waals surface area contributed by atoms with Crippen LogP contribution in [0.3, 0.4) is 0 Å². The third-order valence-corrected chi connectivity index (χ3v) is 3.09. The predicted molar refractivity (Wildman–Crippen MR) is 73.1 cm³/mol. The topological polar surface area (TPSA) is 100 Å². The standard InChI is InChI=1S/C13H16N4O3/c1-4-17-6-9(5-14-17)16-12(18)10-7(2)11(13(19)20)15-8(10)3/h5-6,15H,4H2,1-3H3,(H,16,18)(H,19,20). The second kappa shape index (κ2) is 5.20. The van der Waals surface area contributed by atoms with Crippen LogP contribution >= 0.6 is 0 Å². The fraction of sp³-hybridized carbons (Fsp3) is 0.308. The summed E-state index contributed by atoms with van der Waals surface area (Å²) in [6.07, 6.45) is 3.27. The molecular formula is C13H16N4O3. The molecule has 7 heteroatoms. The molecule has 1 amide bonds. The van der Waals surface area contributed by atoms with E-state index >= 15 is 0 Å². The van der Waals surface area contributed by atoms with E-state index in [1.54, 1.807) is 30.9 Å². The first-order valence-electron chi connectivity index (χ1n) is 6.20. The fourth-order valence-corrected chi connectivity index (χ4v) is 2.10. The van der Waals surface area contributed by atoms with Crippen LogP contribution in [-0.2, 0) is 6.54 Å². The Labute approximate surface area is 115 Å². The third-order valence-electron chi connectivity index (χ3n) is 3.09. The normalized spacial score (nSPS) is 10.6. The van der Waals surface area contributed by atoms with Crippen LogP contribution in [0.4, 0.5) is 5.69 Å². The summed E-state index contributed by atoms with van der Waals surface area (Å²) >= 11 is 0. The number of aryl methyl sites for hydroxylation is 2. The molecule has 3 N–H and O–H groups in total. The van der Waals surface area contributed by atoms with Gasteiger partial charge in [0, 0.05) is 18.4 Å². The first-order valence-corrected chi connectivity index (χ1v) is 6.20. The molecule has 0 radical (unpaired) electrons. The number of carboxylic acid groups (broad SMARTS) is 1. The van der Waals surface area contributed by atoms with Crippen molar-refractivity contribution in [2.24, 2.45) is 0 Å². The zero-order valence-electron chi connectivity index (χ0n) is 11.5. The number of aromatic nitrogens is 3. The van der Waals surface area contributed by atoms with Gasteiger partial charge in [0.2, 0.25) is 0 Å². The lowest BCUT2D eigenvalue weighted by Gasteiger charge is -2.03. The van der Waals surface area contributed by atoms with Crippen molar-refractivity contribution < 1.29 is 14.7 Å². The van der Waals surface area contributed by atoms with Gasteiger partial charge in [-0.1, -0.05) is 0 Å². The number of nitrogens with zero attached hydrogens (tertiary/aromatic N) is 2. The number of carboxylic acids is 1. The van der Waals surface area contributed by atoms with E-state index in [4.69, 9.17) is 5.11 Å². The molecular weight excluding hydrogens is 260 g/mol. The van der Waals surface area contributed by atoms with Crippen LogP contribution in [0.1, 0.15) is 39.0 Å². The number of carbonyl (C=O) groups excluding carboxylic acids is 1. The maximum atomic E-state index is 12.2. The molecule has 0 bridgehead atoms. The first kappa shape index (κ1) is 13.9. The van der Waals surface area contributed by atoms with Crippen LogP contribution in [0, 0.1) is 13.8 Å². The summed E-state index contributed by atoms with van der Waals surface area (Å²) in [5, 5.41) is 15.8. The molecule has 20 heavy (non-hydrogen) atoms. The summed E-state index contributed by atoms with van der Waals surface area (Å²) in [6, 6.07) is 0. The zero-order valence-corrected chi connectivity index (χ0v) is 11.5. The van der Waals surface area contributed by atoms with Gasteiger partial charge in [-0.2, -0.15) is 5.10 Å². The molecule has 0 spiro atoms. The van der Waals surface area contributed by atoms with Gasteiger partial charge < -0.3 is 15.4 Å². The Morgan fingerprint density at radius 2 is 2.15 bits per heavy atom. The maximum absolute atomic E-state index is 12.2. The van der Waals surface area contributed by atoms with E-state index in [1.807, 2.05) is 6.92 Å². The molecule has 0 atom stereocenters.